The molecule has 1 aromatic heterocycles. The van der Waals surface area contributed by atoms with Gasteiger partial charge in [-0.1, -0.05) is 6.08 Å². The van der Waals surface area contributed by atoms with Gasteiger partial charge in [0, 0.05) is 13.1 Å². The molecule has 0 aliphatic carbocycles. The molecular weight excluding hydrogens is 322 g/mol. The second-order valence-corrected chi connectivity index (χ2v) is 7.05. The predicted octanol–water partition coefficient (Wildman–Crippen LogP) is 4.17. The fourth-order valence-electron chi connectivity index (χ4n) is 2.93. The van der Waals surface area contributed by atoms with Crippen LogP contribution in [0.2, 0.25) is 0 Å². The second-order valence-electron chi connectivity index (χ2n) is 7.05. The van der Waals surface area contributed by atoms with Crippen molar-refractivity contribution in [3.63, 3.8) is 0 Å². The summed E-state index contributed by atoms with van der Waals surface area (Å²) in [6.45, 7) is 6.56. The zero-order chi connectivity index (χ0) is 18.2. The first-order chi connectivity index (χ1) is 11.8. The third kappa shape index (κ3) is 3.43. The van der Waals surface area contributed by atoms with Crippen LogP contribution in [-0.4, -0.2) is 41.9 Å². The van der Waals surface area contributed by atoms with Crippen LogP contribution >= 0.6 is 0 Å². The minimum Gasteiger partial charge on any atom is -0.504 e. The number of rotatable bonds is 2. The van der Waals surface area contributed by atoms with E-state index in [1.54, 1.807) is 18.1 Å². The van der Waals surface area contributed by atoms with Crippen molar-refractivity contribution in [3.8, 4) is 11.5 Å². The van der Waals surface area contributed by atoms with Gasteiger partial charge in [0.15, 0.2) is 5.75 Å². The first-order valence-corrected chi connectivity index (χ1v) is 8.24. The van der Waals surface area contributed by atoms with Gasteiger partial charge in [-0.05, 0) is 44.9 Å². The Balaban J connectivity index is 1.89. The van der Waals surface area contributed by atoms with Crippen LogP contribution in [0.15, 0.2) is 28.9 Å². The molecule has 6 heteroatoms. The van der Waals surface area contributed by atoms with E-state index in [4.69, 9.17) is 13.9 Å². The molecule has 3 rings (SSSR count). The van der Waals surface area contributed by atoms with Gasteiger partial charge in [0.1, 0.15) is 23.2 Å². The summed E-state index contributed by atoms with van der Waals surface area (Å²) < 4.78 is 16.4. The number of aromatic hydroxyl groups is 1. The van der Waals surface area contributed by atoms with Crippen molar-refractivity contribution in [3.05, 3.63) is 30.0 Å². The molecule has 1 N–H and O–H groups in total. The van der Waals surface area contributed by atoms with Crippen LogP contribution in [0.1, 0.15) is 32.8 Å². The van der Waals surface area contributed by atoms with E-state index >= 15 is 0 Å². The highest BCUT2D eigenvalue weighted by molar-refractivity contribution is 5.96. The van der Waals surface area contributed by atoms with Crippen LogP contribution < -0.4 is 4.74 Å². The van der Waals surface area contributed by atoms with Crippen molar-refractivity contribution >= 4 is 22.6 Å². The fourth-order valence-corrected chi connectivity index (χ4v) is 2.93. The lowest BCUT2D eigenvalue weighted by Crippen LogP contribution is -2.39. The molecule has 0 atom stereocenters. The molecule has 0 radical (unpaired) electrons. The number of nitrogens with zero attached hydrogens (tertiary/aromatic N) is 1. The average molecular weight is 345 g/mol. The van der Waals surface area contributed by atoms with Gasteiger partial charge in [0.2, 0.25) is 0 Å². The largest absolute Gasteiger partial charge is 0.504 e. The molecule has 0 spiro atoms. The maximum Gasteiger partial charge on any atom is 0.410 e. The highest BCUT2D eigenvalue weighted by Crippen LogP contribution is 2.40. The lowest BCUT2D eigenvalue weighted by atomic mass is 9.97. The number of hydrogen-bond donors (Lipinski definition) is 1. The first-order valence-electron chi connectivity index (χ1n) is 8.24. The van der Waals surface area contributed by atoms with E-state index in [-0.39, 0.29) is 11.8 Å². The highest BCUT2D eigenvalue weighted by atomic mass is 16.6. The number of methoxy groups -OCH3 is 1. The molecule has 1 aliphatic rings. The first kappa shape index (κ1) is 17.2. The number of ether oxygens (including phenoxy) is 2. The van der Waals surface area contributed by atoms with E-state index in [0.717, 1.165) is 11.1 Å². The van der Waals surface area contributed by atoms with E-state index in [1.807, 2.05) is 32.9 Å². The van der Waals surface area contributed by atoms with Crippen molar-refractivity contribution in [2.45, 2.75) is 32.8 Å². The van der Waals surface area contributed by atoms with E-state index in [2.05, 4.69) is 0 Å². The second kappa shape index (κ2) is 6.35. The Morgan fingerprint density at radius 2 is 2.08 bits per heavy atom. The SMILES string of the molecule is COc1ccc2c(O)coc2c1C1=CCN(C(=O)OC(C)(C)C)CC1. The molecule has 0 fully saturated rings. The van der Waals surface area contributed by atoms with Gasteiger partial charge in [-0.2, -0.15) is 0 Å². The Bertz CT molecular complexity index is 828. The Morgan fingerprint density at radius 1 is 1.32 bits per heavy atom. The van der Waals surface area contributed by atoms with Crippen molar-refractivity contribution in [1.29, 1.82) is 0 Å². The molecule has 6 nitrogen and oxygen atoms in total. The monoisotopic (exact) mass is 345 g/mol. The predicted molar refractivity (Wildman–Crippen MR) is 94.8 cm³/mol. The summed E-state index contributed by atoms with van der Waals surface area (Å²) in [4.78, 5) is 13.9. The lowest BCUT2D eigenvalue weighted by molar-refractivity contribution is 0.0270. The molecule has 1 aromatic carbocycles. The quantitative estimate of drug-likeness (QED) is 0.884. The molecule has 0 unspecified atom stereocenters. The van der Waals surface area contributed by atoms with E-state index in [9.17, 15) is 9.90 Å². The number of benzene rings is 1. The molecule has 0 saturated heterocycles. The van der Waals surface area contributed by atoms with Crippen LogP contribution in [0.5, 0.6) is 11.5 Å². The summed E-state index contributed by atoms with van der Waals surface area (Å²) in [7, 11) is 1.60. The molecule has 2 aromatic rings. The summed E-state index contributed by atoms with van der Waals surface area (Å²) in [6.07, 6.45) is 3.63. The summed E-state index contributed by atoms with van der Waals surface area (Å²) >= 11 is 0. The van der Waals surface area contributed by atoms with Gasteiger partial charge in [-0.25, -0.2) is 4.79 Å². The smallest absolute Gasteiger partial charge is 0.410 e. The summed E-state index contributed by atoms with van der Waals surface area (Å²) in [6, 6.07) is 3.58. The van der Waals surface area contributed by atoms with Crippen LogP contribution in [-0.2, 0) is 4.74 Å². The Hall–Kier alpha value is -2.63. The van der Waals surface area contributed by atoms with Crippen molar-refractivity contribution < 1.29 is 23.8 Å². The summed E-state index contributed by atoms with van der Waals surface area (Å²) in [5.41, 5.74) is 1.93. The van der Waals surface area contributed by atoms with Crippen LogP contribution in [0.3, 0.4) is 0 Å². The van der Waals surface area contributed by atoms with Crippen molar-refractivity contribution in [2.24, 2.45) is 0 Å². The maximum absolute atomic E-state index is 12.2. The van der Waals surface area contributed by atoms with Crippen LogP contribution in [0.25, 0.3) is 16.5 Å². The molecule has 1 amide bonds. The normalized spacial score (nSPS) is 15.2. The number of hydrogen-bond acceptors (Lipinski definition) is 5. The van der Waals surface area contributed by atoms with Gasteiger partial charge in [0.05, 0.1) is 18.1 Å². The maximum atomic E-state index is 12.2. The molecule has 134 valence electrons. The van der Waals surface area contributed by atoms with Crippen molar-refractivity contribution in [1.82, 2.24) is 4.90 Å². The highest BCUT2D eigenvalue weighted by Gasteiger charge is 2.26. The van der Waals surface area contributed by atoms with Gasteiger partial charge >= 0.3 is 6.09 Å². The molecule has 1 aliphatic heterocycles. The minimum atomic E-state index is -0.512. The third-order valence-electron chi connectivity index (χ3n) is 4.09. The fraction of sp³-hybridized carbons (Fsp3) is 0.421. The van der Waals surface area contributed by atoms with E-state index in [0.29, 0.717) is 36.2 Å². The van der Waals surface area contributed by atoms with Gasteiger partial charge in [-0.15, -0.1) is 0 Å². The topological polar surface area (TPSA) is 72.1 Å². The van der Waals surface area contributed by atoms with Gasteiger partial charge in [0.25, 0.3) is 0 Å². The summed E-state index contributed by atoms with van der Waals surface area (Å²) in [5.74, 6) is 0.782. The van der Waals surface area contributed by atoms with Gasteiger partial charge in [-0.3, -0.25) is 0 Å². The lowest BCUT2D eigenvalue weighted by Gasteiger charge is -2.29. The number of amides is 1. The molecule has 0 saturated carbocycles. The van der Waals surface area contributed by atoms with E-state index < -0.39 is 5.60 Å². The number of furan rings is 1. The molecule has 25 heavy (non-hydrogen) atoms. The van der Waals surface area contributed by atoms with Crippen molar-refractivity contribution in [2.75, 3.05) is 20.2 Å². The molecular formula is C19H23NO5. The van der Waals surface area contributed by atoms with Crippen LogP contribution in [0, 0.1) is 0 Å². The zero-order valence-corrected chi connectivity index (χ0v) is 15.0. The number of fused-ring (bicyclic) bond motifs is 1. The number of carbonyl (C=O) groups excluding carboxylic acids is 1. The number of carbonyl (C=O) groups is 1. The summed E-state index contributed by atoms with van der Waals surface area (Å²) in [5, 5.41) is 10.5. The minimum absolute atomic E-state index is 0.102. The average Bonchev–Trinajstić information content (AvgIpc) is 2.94. The zero-order valence-electron chi connectivity index (χ0n) is 15.0. The van der Waals surface area contributed by atoms with Gasteiger partial charge < -0.3 is 23.9 Å². The van der Waals surface area contributed by atoms with Crippen LogP contribution in [0.4, 0.5) is 4.79 Å². The Labute approximate surface area is 146 Å². The Morgan fingerprint density at radius 3 is 2.68 bits per heavy atom. The standard InChI is InChI=1S/C19H23NO5/c1-19(2,3)25-18(22)20-9-7-12(8-10-20)16-15(23-4)6-5-13-14(21)11-24-17(13)16/h5-7,11,21H,8-10H2,1-4H3. The Kier molecular flexibility index (Phi) is 4.37. The molecule has 0 bridgehead atoms. The van der Waals surface area contributed by atoms with E-state index in [1.165, 1.54) is 6.26 Å². The molecule has 2 heterocycles. The third-order valence-corrected chi connectivity index (χ3v) is 4.09.